The Bertz CT molecular complexity index is 352. The molecule has 96 valence electrons. The van der Waals surface area contributed by atoms with Crippen LogP contribution >= 0.6 is 11.6 Å². The second kappa shape index (κ2) is 6.87. The van der Waals surface area contributed by atoms with Crippen LogP contribution in [0, 0.1) is 12.8 Å². The lowest BCUT2D eigenvalue weighted by Crippen LogP contribution is -2.35. The van der Waals surface area contributed by atoms with Crippen LogP contribution in [0.5, 0.6) is 5.75 Å². The normalized spacial score (nSPS) is 12.8. The molecule has 0 heterocycles. The van der Waals surface area contributed by atoms with Crippen LogP contribution in [-0.4, -0.2) is 19.2 Å². The minimum atomic E-state index is 0.148. The first-order valence-electron chi connectivity index (χ1n) is 6.18. The van der Waals surface area contributed by atoms with Gasteiger partial charge in [-0.05, 0) is 37.1 Å². The number of nitrogens with one attached hydrogen (secondary N) is 1. The summed E-state index contributed by atoms with van der Waals surface area (Å²) in [7, 11) is 0. The maximum absolute atomic E-state index is 6.17. The Labute approximate surface area is 109 Å². The fourth-order valence-corrected chi connectivity index (χ4v) is 1.84. The van der Waals surface area contributed by atoms with Gasteiger partial charge in [-0.3, -0.25) is 0 Å². The van der Waals surface area contributed by atoms with Gasteiger partial charge in [0.15, 0.2) is 0 Å². The average Bonchev–Trinajstić information content (AvgIpc) is 2.26. The van der Waals surface area contributed by atoms with Crippen molar-refractivity contribution < 1.29 is 4.74 Å². The number of ether oxygens (including phenoxy) is 1. The monoisotopic (exact) mass is 255 g/mol. The van der Waals surface area contributed by atoms with Crippen molar-refractivity contribution in [2.24, 2.45) is 5.92 Å². The first-order valence-corrected chi connectivity index (χ1v) is 6.56. The molecule has 0 bridgehead atoms. The molecule has 1 unspecified atom stereocenters. The molecule has 0 amide bonds. The van der Waals surface area contributed by atoms with Crippen molar-refractivity contribution in [2.75, 3.05) is 13.1 Å². The molecular weight excluding hydrogens is 234 g/mol. The van der Waals surface area contributed by atoms with Crippen molar-refractivity contribution in [1.82, 2.24) is 5.32 Å². The van der Waals surface area contributed by atoms with Crippen LogP contribution in [0.25, 0.3) is 0 Å². The van der Waals surface area contributed by atoms with E-state index in [9.17, 15) is 0 Å². The van der Waals surface area contributed by atoms with Crippen LogP contribution in [0.2, 0.25) is 5.02 Å². The summed E-state index contributed by atoms with van der Waals surface area (Å²) in [5.74, 6) is 1.22. The number of halogens is 1. The number of hydrogen-bond acceptors (Lipinski definition) is 2. The molecule has 3 heteroatoms. The van der Waals surface area contributed by atoms with E-state index in [0.29, 0.717) is 10.9 Å². The van der Waals surface area contributed by atoms with Crippen molar-refractivity contribution in [3.8, 4) is 5.75 Å². The van der Waals surface area contributed by atoms with Gasteiger partial charge >= 0.3 is 0 Å². The summed E-state index contributed by atoms with van der Waals surface area (Å²) in [5.41, 5.74) is 1.15. The molecule has 2 nitrogen and oxygen atoms in total. The number of benzene rings is 1. The highest BCUT2D eigenvalue weighted by Crippen LogP contribution is 2.27. The predicted octanol–water partition coefficient (Wildman–Crippen LogP) is 3.66. The van der Waals surface area contributed by atoms with E-state index in [4.69, 9.17) is 16.3 Å². The minimum Gasteiger partial charge on any atom is -0.487 e. The Morgan fingerprint density at radius 1 is 1.35 bits per heavy atom. The number of rotatable bonds is 6. The zero-order valence-corrected chi connectivity index (χ0v) is 11.8. The third-order valence-corrected chi connectivity index (χ3v) is 3.00. The van der Waals surface area contributed by atoms with Gasteiger partial charge in [0.2, 0.25) is 0 Å². The lowest BCUT2D eigenvalue weighted by Gasteiger charge is -2.23. The van der Waals surface area contributed by atoms with Gasteiger partial charge in [-0.25, -0.2) is 0 Å². The van der Waals surface area contributed by atoms with E-state index in [1.807, 2.05) is 25.1 Å². The zero-order chi connectivity index (χ0) is 12.8. The Morgan fingerprint density at radius 2 is 2.06 bits per heavy atom. The molecule has 0 saturated carbocycles. The van der Waals surface area contributed by atoms with Gasteiger partial charge in [0.1, 0.15) is 11.9 Å². The quantitative estimate of drug-likeness (QED) is 0.838. The molecule has 1 atom stereocenters. The Morgan fingerprint density at radius 3 is 2.59 bits per heavy atom. The van der Waals surface area contributed by atoms with Gasteiger partial charge in [0.25, 0.3) is 0 Å². The summed E-state index contributed by atoms with van der Waals surface area (Å²) >= 11 is 6.17. The van der Waals surface area contributed by atoms with Crippen molar-refractivity contribution in [2.45, 2.75) is 33.8 Å². The second-order valence-corrected chi connectivity index (χ2v) is 5.05. The molecule has 1 rings (SSSR count). The Hall–Kier alpha value is -0.730. The molecule has 0 aliphatic carbocycles. The summed E-state index contributed by atoms with van der Waals surface area (Å²) in [6, 6.07) is 5.90. The highest BCUT2D eigenvalue weighted by molar-refractivity contribution is 6.32. The number of likely N-dealkylation sites (N-methyl/N-ethyl adjacent to an activating group) is 1. The van der Waals surface area contributed by atoms with Crippen molar-refractivity contribution >= 4 is 11.6 Å². The molecule has 0 aliphatic heterocycles. The molecule has 0 saturated heterocycles. The van der Waals surface area contributed by atoms with Crippen molar-refractivity contribution in [3.05, 3.63) is 28.8 Å². The fraction of sp³-hybridized carbons (Fsp3) is 0.571. The van der Waals surface area contributed by atoms with E-state index in [2.05, 4.69) is 26.1 Å². The molecule has 1 aromatic carbocycles. The Kier molecular flexibility index (Phi) is 5.79. The molecule has 0 fully saturated rings. The van der Waals surface area contributed by atoms with E-state index < -0.39 is 0 Å². The number of aryl methyl sites for hydroxylation is 1. The van der Waals surface area contributed by atoms with E-state index in [0.717, 1.165) is 24.4 Å². The summed E-state index contributed by atoms with van der Waals surface area (Å²) < 4.78 is 5.97. The van der Waals surface area contributed by atoms with E-state index in [1.54, 1.807) is 0 Å². The Balaban J connectivity index is 2.71. The summed E-state index contributed by atoms with van der Waals surface area (Å²) in [4.78, 5) is 0. The summed E-state index contributed by atoms with van der Waals surface area (Å²) in [5, 5.41) is 4.00. The van der Waals surface area contributed by atoms with Crippen LogP contribution in [-0.2, 0) is 0 Å². The van der Waals surface area contributed by atoms with Gasteiger partial charge in [0, 0.05) is 6.54 Å². The SMILES string of the molecule is CCNCC(Oc1ccc(C)cc1Cl)C(C)C. The smallest absolute Gasteiger partial charge is 0.138 e. The molecule has 0 spiro atoms. The van der Waals surface area contributed by atoms with Crippen molar-refractivity contribution in [1.29, 1.82) is 0 Å². The largest absolute Gasteiger partial charge is 0.487 e. The zero-order valence-electron chi connectivity index (χ0n) is 11.1. The molecular formula is C14H22ClNO. The van der Waals surface area contributed by atoms with Crippen molar-refractivity contribution in [3.63, 3.8) is 0 Å². The lowest BCUT2D eigenvalue weighted by molar-refractivity contribution is 0.150. The van der Waals surface area contributed by atoms with Gasteiger partial charge < -0.3 is 10.1 Å². The van der Waals surface area contributed by atoms with Crippen LogP contribution in [0.4, 0.5) is 0 Å². The van der Waals surface area contributed by atoms with Gasteiger partial charge in [0.05, 0.1) is 5.02 Å². The topological polar surface area (TPSA) is 21.3 Å². The van der Waals surface area contributed by atoms with Crippen LogP contribution in [0.1, 0.15) is 26.3 Å². The molecule has 0 aromatic heterocycles. The first kappa shape index (κ1) is 14.3. The van der Waals surface area contributed by atoms with Gasteiger partial charge in [-0.15, -0.1) is 0 Å². The first-order chi connectivity index (χ1) is 8.04. The fourth-order valence-electron chi connectivity index (χ4n) is 1.56. The third kappa shape index (κ3) is 4.57. The lowest BCUT2D eigenvalue weighted by atomic mass is 10.1. The number of hydrogen-bond donors (Lipinski definition) is 1. The predicted molar refractivity (Wildman–Crippen MR) is 74.0 cm³/mol. The van der Waals surface area contributed by atoms with E-state index >= 15 is 0 Å². The molecule has 0 radical (unpaired) electrons. The highest BCUT2D eigenvalue weighted by atomic mass is 35.5. The van der Waals surface area contributed by atoms with Crippen LogP contribution in [0.3, 0.4) is 0 Å². The molecule has 0 aliphatic rings. The van der Waals surface area contributed by atoms with Gasteiger partial charge in [-0.2, -0.15) is 0 Å². The minimum absolute atomic E-state index is 0.148. The molecule has 1 aromatic rings. The van der Waals surface area contributed by atoms with Gasteiger partial charge in [-0.1, -0.05) is 38.4 Å². The molecule has 17 heavy (non-hydrogen) atoms. The second-order valence-electron chi connectivity index (χ2n) is 4.64. The summed E-state index contributed by atoms with van der Waals surface area (Å²) in [6.45, 7) is 10.2. The van der Waals surface area contributed by atoms with E-state index in [1.165, 1.54) is 0 Å². The summed E-state index contributed by atoms with van der Waals surface area (Å²) in [6.07, 6.45) is 0.148. The van der Waals surface area contributed by atoms with Crippen LogP contribution in [0.15, 0.2) is 18.2 Å². The maximum atomic E-state index is 6.17. The third-order valence-electron chi connectivity index (χ3n) is 2.70. The standard InChI is InChI=1S/C14H22ClNO/c1-5-16-9-14(10(2)3)17-13-7-6-11(4)8-12(13)15/h6-8,10,14,16H,5,9H2,1-4H3. The van der Waals surface area contributed by atoms with Crippen LogP contribution < -0.4 is 10.1 Å². The highest BCUT2D eigenvalue weighted by Gasteiger charge is 2.16. The average molecular weight is 256 g/mol. The molecule has 1 N–H and O–H groups in total. The maximum Gasteiger partial charge on any atom is 0.138 e. The van der Waals surface area contributed by atoms with E-state index in [-0.39, 0.29) is 6.10 Å².